The number of halogens is 1. The standard InChI is InChI=1S/C9H8BrN3/c1-7-11-6-13(12-7)9-4-2-3-8(10)5-9/h2-6H,1H3. The average molecular weight is 238 g/mol. The highest BCUT2D eigenvalue weighted by Gasteiger charge is 1.98. The molecule has 0 bridgehead atoms. The first-order valence-corrected chi connectivity index (χ1v) is 4.69. The maximum atomic E-state index is 4.21. The molecule has 0 aliphatic rings. The van der Waals surface area contributed by atoms with Gasteiger partial charge in [-0.2, -0.15) is 5.10 Å². The Kier molecular flexibility index (Phi) is 2.14. The first kappa shape index (κ1) is 8.44. The van der Waals surface area contributed by atoms with Crippen molar-refractivity contribution in [3.05, 3.63) is 40.9 Å². The third kappa shape index (κ3) is 1.78. The maximum absolute atomic E-state index is 4.21. The first-order chi connectivity index (χ1) is 6.25. The van der Waals surface area contributed by atoms with Gasteiger partial charge in [0.15, 0.2) is 0 Å². The summed E-state index contributed by atoms with van der Waals surface area (Å²) in [6.45, 7) is 1.87. The third-order valence-electron chi connectivity index (χ3n) is 1.68. The first-order valence-electron chi connectivity index (χ1n) is 3.90. The van der Waals surface area contributed by atoms with Gasteiger partial charge < -0.3 is 0 Å². The fourth-order valence-corrected chi connectivity index (χ4v) is 1.48. The molecule has 0 unspecified atom stereocenters. The molecule has 1 heterocycles. The second-order valence-corrected chi connectivity index (χ2v) is 3.63. The van der Waals surface area contributed by atoms with Gasteiger partial charge in [0, 0.05) is 4.47 Å². The quantitative estimate of drug-likeness (QED) is 0.763. The normalized spacial score (nSPS) is 10.3. The van der Waals surface area contributed by atoms with Crippen LogP contribution in [0, 0.1) is 6.92 Å². The summed E-state index contributed by atoms with van der Waals surface area (Å²) < 4.78 is 2.79. The van der Waals surface area contributed by atoms with E-state index in [2.05, 4.69) is 26.0 Å². The van der Waals surface area contributed by atoms with E-state index in [1.807, 2.05) is 31.2 Å². The van der Waals surface area contributed by atoms with Crippen LogP contribution in [0.15, 0.2) is 35.1 Å². The highest BCUT2D eigenvalue weighted by atomic mass is 79.9. The molecule has 0 aliphatic heterocycles. The van der Waals surface area contributed by atoms with E-state index >= 15 is 0 Å². The number of hydrogen-bond acceptors (Lipinski definition) is 2. The Morgan fingerprint density at radius 1 is 1.38 bits per heavy atom. The van der Waals surface area contributed by atoms with Gasteiger partial charge in [0.25, 0.3) is 0 Å². The van der Waals surface area contributed by atoms with Crippen LogP contribution in [-0.4, -0.2) is 14.8 Å². The van der Waals surface area contributed by atoms with Crippen molar-refractivity contribution in [1.29, 1.82) is 0 Å². The van der Waals surface area contributed by atoms with Crippen LogP contribution in [0.2, 0.25) is 0 Å². The molecule has 1 aromatic heterocycles. The van der Waals surface area contributed by atoms with Crippen molar-refractivity contribution in [2.24, 2.45) is 0 Å². The van der Waals surface area contributed by atoms with E-state index in [1.54, 1.807) is 11.0 Å². The number of nitrogens with zero attached hydrogens (tertiary/aromatic N) is 3. The zero-order chi connectivity index (χ0) is 9.26. The molecular formula is C9H8BrN3. The van der Waals surface area contributed by atoms with Crippen LogP contribution >= 0.6 is 15.9 Å². The Balaban J connectivity index is 2.46. The fraction of sp³-hybridized carbons (Fsp3) is 0.111. The number of hydrogen-bond donors (Lipinski definition) is 0. The average Bonchev–Trinajstić information content (AvgIpc) is 2.52. The minimum atomic E-state index is 0.778. The van der Waals surface area contributed by atoms with Crippen LogP contribution < -0.4 is 0 Å². The lowest BCUT2D eigenvalue weighted by molar-refractivity contribution is 0.862. The molecule has 0 spiro atoms. The van der Waals surface area contributed by atoms with Crippen molar-refractivity contribution in [3.8, 4) is 5.69 Å². The van der Waals surface area contributed by atoms with Gasteiger partial charge in [-0.05, 0) is 25.1 Å². The van der Waals surface area contributed by atoms with Crippen molar-refractivity contribution in [3.63, 3.8) is 0 Å². The molecule has 0 N–H and O–H groups in total. The molecule has 2 rings (SSSR count). The summed E-state index contributed by atoms with van der Waals surface area (Å²) in [7, 11) is 0. The molecule has 0 amide bonds. The van der Waals surface area contributed by atoms with Crippen molar-refractivity contribution in [2.45, 2.75) is 6.92 Å². The minimum Gasteiger partial charge on any atom is -0.221 e. The van der Waals surface area contributed by atoms with E-state index in [9.17, 15) is 0 Å². The number of benzene rings is 1. The largest absolute Gasteiger partial charge is 0.221 e. The highest BCUT2D eigenvalue weighted by Crippen LogP contribution is 2.14. The van der Waals surface area contributed by atoms with Crippen molar-refractivity contribution in [1.82, 2.24) is 14.8 Å². The molecule has 0 fully saturated rings. The van der Waals surface area contributed by atoms with E-state index in [4.69, 9.17) is 0 Å². The predicted molar refractivity (Wildman–Crippen MR) is 53.8 cm³/mol. The highest BCUT2D eigenvalue weighted by molar-refractivity contribution is 9.10. The summed E-state index contributed by atoms with van der Waals surface area (Å²) in [5.41, 5.74) is 1.01. The molecule has 0 aliphatic carbocycles. The fourth-order valence-electron chi connectivity index (χ4n) is 1.09. The molecule has 0 saturated heterocycles. The van der Waals surface area contributed by atoms with Crippen molar-refractivity contribution in [2.75, 3.05) is 0 Å². The molecule has 0 saturated carbocycles. The van der Waals surface area contributed by atoms with E-state index in [0.29, 0.717) is 0 Å². The molecule has 3 nitrogen and oxygen atoms in total. The third-order valence-corrected chi connectivity index (χ3v) is 2.17. The summed E-state index contributed by atoms with van der Waals surface area (Å²) in [4.78, 5) is 4.06. The van der Waals surface area contributed by atoms with Crippen LogP contribution in [0.3, 0.4) is 0 Å². The van der Waals surface area contributed by atoms with E-state index in [0.717, 1.165) is 16.0 Å². The second kappa shape index (κ2) is 3.30. The van der Waals surface area contributed by atoms with Crippen LogP contribution in [0.1, 0.15) is 5.82 Å². The maximum Gasteiger partial charge on any atom is 0.147 e. The minimum absolute atomic E-state index is 0.778. The molecule has 0 atom stereocenters. The molecule has 0 radical (unpaired) electrons. The summed E-state index contributed by atoms with van der Waals surface area (Å²) in [6, 6.07) is 7.93. The molecule has 2 aromatic rings. The van der Waals surface area contributed by atoms with Crippen molar-refractivity contribution >= 4 is 15.9 Å². The van der Waals surface area contributed by atoms with Gasteiger partial charge >= 0.3 is 0 Å². The summed E-state index contributed by atoms with van der Waals surface area (Å²) in [5.74, 6) is 0.778. The van der Waals surface area contributed by atoms with E-state index in [1.165, 1.54) is 0 Å². The van der Waals surface area contributed by atoms with Gasteiger partial charge in [-0.15, -0.1) is 0 Å². The lowest BCUT2D eigenvalue weighted by atomic mass is 10.3. The predicted octanol–water partition coefficient (Wildman–Crippen LogP) is 2.34. The molecule has 66 valence electrons. The van der Waals surface area contributed by atoms with Gasteiger partial charge in [-0.3, -0.25) is 0 Å². The van der Waals surface area contributed by atoms with Crippen LogP contribution in [0.5, 0.6) is 0 Å². The molecular weight excluding hydrogens is 230 g/mol. The van der Waals surface area contributed by atoms with Crippen LogP contribution in [-0.2, 0) is 0 Å². The Bertz CT molecular complexity index is 422. The SMILES string of the molecule is Cc1ncn(-c2cccc(Br)c2)n1. The van der Waals surface area contributed by atoms with Gasteiger partial charge in [0.05, 0.1) is 5.69 Å². The number of rotatable bonds is 1. The number of aromatic nitrogens is 3. The second-order valence-electron chi connectivity index (χ2n) is 2.72. The van der Waals surface area contributed by atoms with Gasteiger partial charge in [0.2, 0.25) is 0 Å². The molecule has 4 heteroatoms. The lowest BCUT2D eigenvalue weighted by Crippen LogP contribution is -1.94. The van der Waals surface area contributed by atoms with Gasteiger partial charge in [-0.25, -0.2) is 9.67 Å². The zero-order valence-electron chi connectivity index (χ0n) is 7.11. The zero-order valence-corrected chi connectivity index (χ0v) is 8.69. The molecule has 13 heavy (non-hydrogen) atoms. The summed E-state index contributed by atoms with van der Waals surface area (Å²) in [5, 5.41) is 4.21. The Morgan fingerprint density at radius 3 is 2.85 bits per heavy atom. The Labute approximate surface area is 84.5 Å². The van der Waals surface area contributed by atoms with E-state index < -0.39 is 0 Å². The number of aryl methyl sites for hydroxylation is 1. The van der Waals surface area contributed by atoms with E-state index in [-0.39, 0.29) is 0 Å². The topological polar surface area (TPSA) is 30.7 Å². The van der Waals surface area contributed by atoms with Crippen molar-refractivity contribution < 1.29 is 0 Å². The van der Waals surface area contributed by atoms with Crippen LogP contribution in [0.4, 0.5) is 0 Å². The monoisotopic (exact) mass is 237 g/mol. The summed E-state index contributed by atoms with van der Waals surface area (Å²) in [6.07, 6.45) is 1.71. The van der Waals surface area contributed by atoms with Crippen LogP contribution in [0.25, 0.3) is 5.69 Å². The summed E-state index contributed by atoms with van der Waals surface area (Å²) >= 11 is 3.40. The smallest absolute Gasteiger partial charge is 0.147 e. The Hall–Kier alpha value is -1.16. The lowest BCUT2D eigenvalue weighted by Gasteiger charge is -1.99. The van der Waals surface area contributed by atoms with Gasteiger partial charge in [-0.1, -0.05) is 22.0 Å². The Morgan fingerprint density at radius 2 is 2.23 bits per heavy atom. The van der Waals surface area contributed by atoms with Gasteiger partial charge in [0.1, 0.15) is 12.2 Å². The molecule has 1 aromatic carbocycles.